The number of carboxylic acid groups (broad SMARTS) is 1. The SMILES string of the molecule is Cc1cc(S(=O)(=O)NC(C(=O)O)C(C)C)cc(C)c1F. The molecular weight excluding hydrogens is 285 g/mol. The Morgan fingerprint density at radius 3 is 2.05 bits per heavy atom. The Labute approximate surface area is 117 Å². The summed E-state index contributed by atoms with van der Waals surface area (Å²) in [6.07, 6.45) is 0. The zero-order valence-electron chi connectivity index (χ0n) is 11.8. The second-order valence-corrected chi connectivity index (χ2v) is 6.77. The molecule has 2 N–H and O–H groups in total. The Bertz CT molecular complexity index is 602. The largest absolute Gasteiger partial charge is 0.480 e. The summed E-state index contributed by atoms with van der Waals surface area (Å²) >= 11 is 0. The minimum absolute atomic E-state index is 0.138. The van der Waals surface area contributed by atoms with Crippen molar-refractivity contribution in [3.8, 4) is 0 Å². The number of hydrogen-bond acceptors (Lipinski definition) is 3. The highest BCUT2D eigenvalue weighted by atomic mass is 32.2. The van der Waals surface area contributed by atoms with E-state index in [4.69, 9.17) is 5.11 Å². The van der Waals surface area contributed by atoms with E-state index in [9.17, 15) is 17.6 Å². The van der Waals surface area contributed by atoms with Crippen molar-refractivity contribution in [2.75, 3.05) is 0 Å². The van der Waals surface area contributed by atoms with Crippen molar-refractivity contribution in [2.24, 2.45) is 5.92 Å². The third-order valence-electron chi connectivity index (χ3n) is 2.94. The topological polar surface area (TPSA) is 83.5 Å². The molecule has 1 aromatic carbocycles. The summed E-state index contributed by atoms with van der Waals surface area (Å²) in [5.74, 6) is -2.13. The van der Waals surface area contributed by atoms with Crippen LogP contribution < -0.4 is 4.72 Å². The minimum Gasteiger partial charge on any atom is -0.480 e. The van der Waals surface area contributed by atoms with Crippen LogP contribution >= 0.6 is 0 Å². The zero-order chi connectivity index (χ0) is 15.7. The van der Waals surface area contributed by atoms with Crippen LogP contribution in [-0.2, 0) is 14.8 Å². The zero-order valence-corrected chi connectivity index (χ0v) is 12.6. The molecule has 1 rings (SSSR count). The number of hydrogen-bond donors (Lipinski definition) is 2. The van der Waals surface area contributed by atoms with Crippen LogP contribution in [0.2, 0.25) is 0 Å². The molecular formula is C13H18FNO4S. The second-order valence-electron chi connectivity index (χ2n) is 5.05. The number of benzene rings is 1. The number of halogens is 1. The first-order chi connectivity index (χ1) is 9.06. The van der Waals surface area contributed by atoms with Crippen molar-refractivity contribution in [1.29, 1.82) is 0 Å². The number of rotatable bonds is 5. The van der Waals surface area contributed by atoms with Crippen LogP contribution in [0.1, 0.15) is 25.0 Å². The van der Waals surface area contributed by atoms with Crippen molar-refractivity contribution in [1.82, 2.24) is 4.72 Å². The van der Waals surface area contributed by atoms with E-state index in [0.29, 0.717) is 0 Å². The maximum absolute atomic E-state index is 13.5. The van der Waals surface area contributed by atoms with Crippen LogP contribution in [0, 0.1) is 25.6 Å². The quantitative estimate of drug-likeness (QED) is 0.869. The molecule has 0 saturated heterocycles. The second kappa shape index (κ2) is 5.88. The monoisotopic (exact) mass is 303 g/mol. The smallest absolute Gasteiger partial charge is 0.322 e. The van der Waals surface area contributed by atoms with Gasteiger partial charge in [-0.25, -0.2) is 12.8 Å². The first-order valence-corrected chi connectivity index (χ1v) is 7.56. The maximum Gasteiger partial charge on any atom is 0.322 e. The lowest BCUT2D eigenvalue weighted by molar-refractivity contribution is -0.140. The molecule has 5 nitrogen and oxygen atoms in total. The Hall–Kier alpha value is -1.47. The van der Waals surface area contributed by atoms with Crippen molar-refractivity contribution in [3.05, 3.63) is 29.1 Å². The summed E-state index contributed by atoms with van der Waals surface area (Å²) in [6.45, 7) is 6.11. The van der Waals surface area contributed by atoms with Gasteiger partial charge in [0.15, 0.2) is 0 Å². The Morgan fingerprint density at radius 2 is 1.70 bits per heavy atom. The van der Waals surface area contributed by atoms with Crippen LogP contribution in [0.25, 0.3) is 0 Å². The highest BCUT2D eigenvalue weighted by molar-refractivity contribution is 7.89. The van der Waals surface area contributed by atoms with Gasteiger partial charge in [0.1, 0.15) is 11.9 Å². The Morgan fingerprint density at radius 1 is 1.25 bits per heavy atom. The van der Waals surface area contributed by atoms with Gasteiger partial charge >= 0.3 is 5.97 Å². The van der Waals surface area contributed by atoms with E-state index in [1.54, 1.807) is 13.8 Å². The first kappa shape index (κ1) is 16.6. The summed E-state index contributed by atoms with van der Waals surface area (Å²) in [7, 11) is -4.01. The van der Waals surface area contributed by atoms with Gasteiger partial charge in [0, 0.05) is 0 Å². The number of carboxylic acids is 1. The molecule has 112 valence electrons. The van der Waals surface area contributed by atoms with Crippen LogP contribution in [0.3, 0.4) is 0 Å². The lowest BCUT2D eigenvalue weighted by atomic mass is 10.1. The van der Waals surface area contributed by atoms with Gasteiger partial charge in [0.2, 0.25) is 10.0 Å². The van der Waals surface area contributed by atoms with Gasteiger partial charge in [-0.3, -0.25) is 4.79 Å². The fourth-order valence-corrected chi connectivity index (χ4v) is 3.28. The highest BCUT2D eigenvalue weighted by Crippen LogP contribution is 2.19. The first-order valence-electron chi connectivity index (χ1n) is 6.08. The van der Waals surface area contributed by atoms with E-state index in [1.807, 2.05) is 0 Å². The van der Waals surface area contributed by atoms with E-state index in [1.165, 1.54) is 26.0 Å². The summed E-state index contributed by atoms with van der Waals surface area (Å²) in [5.41, 5.74) is 0.392. The molecule has 0 aliphatic carbocycles. The third kappa shape index (κ3) is 3.55. The van der Waals surface area contributed by atoms with Gasteiger partial charge in [0.05, 0.1) is 4.90 Å². The highest BCUT2D eigenvalue weighted by Gasteiger charge is 2.28. The van der Waals surface area contributed by atoms with Crippen LogP contribution in [0.15, 0.2) is 17.0 Å². The molecule has 0 fully saturated rings. The number of sulfonamides is 1. The van der Waals surface area contributed by atoms with Gasteiger partial charge in [-0.1, -0.05) is 13.8 Å². The predicted molar refractivity (Wildman–Crippen MR) is 72.5 cm³/mol. The molecule has 7 heteroatoms. The van der Waals surface area contributed by atoms with Crippen molar-refractivity contribution in [2.45, 2.75) is 38.6 Å². The van der Waals surface area contributed by atoms with Gasteiger partial charge < -0.3 is 5.11 Å². The minimum atomic E-state index is -4.01. The fraction of sp³-hybridized carbons (Fsp3) is 0.462. The summed E-state index contributed by atoms with van der Waals surface area (Å²) in [5, 5.41) is 9.02. The summed E-state index contributed by atoms with van der Waals surface area (Å²) in [4.78, 5) is 10.9. The molecule has 0 aliphatic rings. The van der Waals surface area contributed by atoms with Crippen LogP contribution in [0.5, 0.6) is 0 Å². The number of carbonyl (C=O) groups is 1. The summed E-state index contributed by atoms with van der Waals surface area (Å²) in [6, 6.07) is 1.14. The number of aliphatic carboxylic acids is 1. The molecule has 0 aromatic heterocycles. The molecule has 0 amide bonds. The predicted octanol–water partition coefficient (Wildman–Crippen LogP) is 1.83. The van der Waals surface area contributed by atoms with E-state index in [-0.39, 0.29) is 16.0 Å². The van der Waals surface area contributed by atoms with Crippen molar-refractivity contribution < 1.29 is 22.7 Å². The Balaban J connectivity index is 3.21. The molecule has 0 radical (unpaired) electrons. The molecule has 20 heavy (non-hydrogen) atoms. The average molecular weight is 303 g/mol. The van der Waals surface area contributed by atoms with Crippen molar-refractivity contribution in [3.63, 3.8) is 0 Å². The van der Waals surface area contributed by atoms with Gasteiger partial charge in [-0.05, 0) is 43.0 Å². The maximum atomic E-state index is 13.5. The Kier molecular flexibility index (Phi) is 4.88. The molecule has 1 atom stereocenters. The molecule has 0 aliphatic heterocycles. The number of nitrogens with one attached hydrogen (secondary N) is 1. The van der Waals surface area contributed by atoms with E-state index in [2.05, 4.69) is 4.72 Å². The molecule has 0 heterocycles. The molecule has 0 bridgehead atoms. The summed E-state index contributed by atoms with van der Waals surface area (Å²) < 4.78 is 40.0. The molecule has 0 saturated carbocycles. The van der Waals surface area contributed by atoms with E-state index >= 15 is 0 Å². The van der Waals surface area contributed by atoms with Crippen molar-refractivity contribution >= 4 is 16.0 Å². The molecule has 1 unspecified atom stereocenters. The third-order valence-corrected chi connectivity index (χ3v) is 4.36. The fourth-order valence-electron chi connectivity index (χ4n) is 1.77. The van der Waals surface area contributed by atoms with Gasteiger partial charge in [-0.15, -0.1) is 0 Å². The van der Waals surface area contributed by atoms with E-state index < -0.39 is 33.8 Å². The average Bonchev–Trinajstić information content (AvgIpc) is 2.31. The molecule has 1 aromatic rings. The normalized spacial score (nSPS) is 13.5. The standard InChI is InChI=1S/C13H18FNO4S/c1-7(2)12(13(16)17)15-20(18,19)10-5-8(3)11(14)9(4)6-10/h5-7,12,15H,1-4H3,(H,16,17). The lowest BCUT2D eigenvalue weighted by Gasteiger charge is -2.18. The lowest BCUT2D eigenvalue weighted by Crippen LogP contribution is -2.44. The van der Waals surface area contributed by atoms with Crippen LogP contribution in [-0.4, -0.2) is 25.5 Å². The van der Waals surface area contributed by atoms with Crippen LogP contribution in [0.4, 0.5) is 4.39 Å². The van der Waals surface area contributed by atoms with Gasteiger partial charge in [0.25, 0.3) is 0 Å². The number of aryl methyl sites for hydroxylation is 2. The van der Waals surface area contributed by atoms with E-state index in [0.717, 1.165) is 0 Å². The molecule has 0 spiro atoms. The van der Waals surface area contributed by atoms with Gasteiger partial charge in [-0.2, -0.15) is 4.72 Å².